The van der Waals surface area contributed by atoms with Crippen LogP contribution >= 0.6 is 0 Å². The minimum atomic E-state index is -0.0155. The predicted molar refractivity (Wildman–Crippen MR) is 110 cm³/mol. The Bertz CT molecular complexity index is 701. The van der Waals surface area contributed by atoms with Crippen molar-refractivity contribution in [3.63, 3.8) is 0 Å². The van der Waals surface area contributed by atoms with E-state index >= 15 is 0 Å². The van der Waals surface area contributed by atoms with Crippen LogP contribution < -0.4 is 10.1 Å². The lowest BCUT2D eigenvalue weighted by molar-refractivity contribution is 0.146. The molecule has 3 heteroatoms. The van der Waals surface area contributed by atoms with Crippen molar-refractivity contribution in [1.82, 2.24) is 0 Å². The molecule has 0 aliphatic carbocycles. The van der Waals surface area contributed by atoms with Crippen molar-refractivity contribution in [3.05, 3.63) is 59.7 Å². The van der Waals surface area contributed by atoms with E-state index in [9.17, 15) is 0 Å². The normalized spacial score (nSPS) is 12.1. The van der Waals surface area contributed by atoms with Gasteiger partial charge in [0.2, 0.25) is 0 Å². The Morgan fingerprint density at radius 2 is 1.54 bits per heavy atom. The first-order valence-electron chi connectivity index (χ1n) is 9.29. The lowest BCUT2D eigenvalue weighted by Crippen LogP contribution is -2.27. The smallest absolute Gasteiger partial charge is 0.119 e. The van der Waals surface area contributed by atoms with E-state index in [0.29, 0.717) is 13.2 Å². The average molecular weight is 356 g/mol. The van der Waals surface area contributed by atoms with Crippen molar-refractivity contribution < 1.29 is 9.47 Å². The molecular formula is C23H33NO2. The minimum absolute atomic E-state index is 0.0155. The highest BCUT2D eigenvalue weighted by molar-refractivity contribution is 5.48. The number of benzene rings is 2. The van der Waals surface area contributed by atoms with Crippen molar-refractivity contribution in [1.29, 1.82) is 0 Å². The van der Waals surface area contributed by atoms with Crippen molar-refractivity contribution in [2.24, 2.45) is 0 Å². The molecule has 0 heterocycles. The van der Waals surface area contributed by atoms with Crippen LogP contribution in [0.3, 0.4) is 0 Å². The number of methoxy groups -OCH3 is 1. The topological polar surface area (TPSA) is 30.5 Å². The molecular weight excluding hydrogens is 322 g/mol. The molecule has 26 heavy (non-hydrogen) atoms. The fourth-order valence-electron chi connectivity index (χ4n) is 2.77. The predicted octanol–water partition coefficient (Wildman–Crippen LogP) is 5.40. The van der Waals surface area contributed by atoms with Crippen molar-refractivity contribution in [2.45, 2.75) is 45.4 Å². The van der Waals surface area contributed by atoms with Crippen LogP contribution in [0.5, 0.6) is 5.75 Å². The van der Waals surface area contributed by atoms with Gasteiger partial charge in [-0.05, 0) is 40.8 Å². The van der Waals surface area contributed by atoms with Gasteiger partial charge in [0.25, 0.3) is 0 Å². The van der Waals surface area contributed by atoms with E-state index in [1.54, 1.807) is 7.11 Å². The highest BCUT2D eigenvalue weighted by Gasteiger charge is 2.21. The maximum Gasteiger partial charge on any atom is 0.119 e. The van der Waals surface area contributed by atoms with Gasteiger partial charge in [-0.15, -0.1) is 0 Å². The zero-order chi connectivity index (χ0) is 19.2. The first-order chi connectivity index (χ1) is 12.2. The van der Waals surface area contributed by atoms with E-state index in [4.69, 9.17) is 9.47 Å². The van der Waals surface area contributed by atoms with E-state index < -0.39 is 0 Å². The third-order valence-electron chi connectivity index (χ3n) is 4.63. The van der Waals surface area contributed by atoms with Gasteiger partial charge >= 0.3 is 0 Å². The van der Waals surface area contributed by atoms with Crippen LogP contribution in [0.25, 0.3) is 0 Å². The summed E-state index contributed by atoms with van der Waals surface area (Å²) in [7, 11) is 1.68. The van der Waals surface area contributed by atoms with Gasteiger partial charge in [-0.2, -0.15) is 0 Å². The summed E-state index contributed by atoms with van der Waals surface area (Å²) >= 11 is 0. The summed E-state index contributed by atoms with van der Waals surface area (Å²) in [6, 6.07) is 17.0. The molecule has 0 aromatic heterocycles. The lowest BCUT2D eigenvalue weighted by atomic mass is 9.84. The number of hydrogen-bond donors (Lipinski definition) is 1. The van der Waals surface area contributed by atoms with Crippen molar-refractivity contribution >= 4 is 5.69 Å². The van der Waals surface area contributed by atoms with Crippen LogP contribution in [-0.2, 0) is 15.6 Å². The highest BCUT2D eigenvalue weighted by atomic mass is 16.5. The van der Waals surface area contributed by atoms with Crippen molar-refractivity contribution in [2.75, 3.05) is 32.2 Å². The largest absolute Gasteiger partial charge is 0.491 e. The third kappa shape index (κ3) is 5.77. The number of ether oxygens (including phenoxy) is 2. The molecule has 0 bridgehead atoms. The Hall–Kier alpha value is -2.00. The Morgan fingerprint density at radius 3 is 2.23 bits per heavy atom. The molecule has 0 aliphatic rings. The molecule has 142 valence electrons. The number of nitrogens with one attached hydrogen (secondary N) is 1. The monoisotopic (exact) mass is 355 g/mol. The SMILES string of the molecule is COCCOc1cccc(C(C)(C)CNc2cccc(C(C)(C)C)c2)c1. The van der Waals surface area contributed by atoms with Gasteiger partial charge < -0.3 is 14.8 Å². The van der Waals surface area contributed by atoms with Crippen LogP contribution in [0.15, 0.2) is 48.5 Å². The van der Waals surface area contributed by atoms with Crippen LogP contribution in [0.2, 0.25) is 0 Å². The van der Waals surface area contributed by atoms with E-state index in [-0.39, 0.29) is 10.8 Å². The van der Waals surface area contributed by atoms with Crippen molar-refractivity contribution in [3.8, 4) is 5.75 Å². The molecule has 0 fully saturated rings. The van der Waals surface area contributed by atoms with Gasteiger partial charge in [0.15, 0.2) is 0 Å². The number of hydrogen-bond acceptors (Lipinski definition) is 3. The maximum absolute atomic E-state index is 5.75. The summed E-state index contributed by atoms with van der Waals surface area (Å²) in [4.78, 5) is 0. The number of anilines is 1. The van der Waals surface area contributed by atoms with Crippen LogP contribution in [-0.4, -0.2) is 26.9 Å². The molecule has 3 nitrogen and oxygen atoms in total. The summed E-state index contributed by atoms with van der Waals surface area (Å²) in [5.74, 6) is 0.891. The Kier molecular flexibility index (Phi) is 6.71. The molecule has 0 unspecified atom stereocenters. The number of rotatable bonds is 8. The van der Waals surface area contributed by atoms with Gasteiger partial charge in [-0.25, -0.2) is 0 Å². The zero-order valence-corrected chi connectivity index (χ0v) is 17.1. The third-order valence-corrected chi connectivity index (χ3v) is 4.63. The standard InChI is InChI=1S/C23H33NO2/c1-22(2,3)18-9-7-11-20(15-18)24-17-23(4,5)19-10-8-12-21(16-19)26-14-13-25-6/h7-12,15-16,24H,13-14,17H2,1-6H3. The Labute approximate surface area is 158 Å². The Morgan fingerprint density at radius 1 is 0.846 bits per heavy atom. The van der Waals surface area contributed by atoms with E-state index in [2.05, 4.69) is 82.4 Å². The first-order valence-corrected chi connectivity index (χ1v) is 9.29. The summed E-state index contributed by atoms with van der Waals surface area (Å²) in [5.41, 5.74) is 3.90. The molecule has 2 aromatic carbocycles. The summed E-state index contributed by atoms with van der Waals surface area (Å²) < 4.78 is 10.8. The summed E-state index contributed by atoms with van der Waals surface area (Å²) in [6.07, 6.45) is 0. The second-order valence-corrected chi connectivity index (χ2v) is 8.44. The van der Waals surface area contributed by atoms with Crippen LogP contribution in [0.4, 0.5) is 5.69 Å². The fraction of sp³-hybridized carbons (Fsp3) is 0.478. The molecule has 2 rings (SSSR count). The second kappa shape index (κ2) is 8.59. The maximum atomic E-state index is 5.75. The molecule has 0 spiro atoms. The summed E-state index contributed by atoms with van der Waals surface area (Å²) in [5, 5.41) is 3.61. The van der Waals surface area contributed by atoms with Gasteiger partial charge in [-0.3, -0.25) is 0 Å². The van der Waals surface area contributed by atoms with E-state index in [1.807, 2.05) is 6.07 Å². The van der Waals surface area contributed by atoms with Gasteiger partial charge in [0.05, 0.1) is 6.61 Å². The first kappa shape index (κ1) is 20.3. The highest BCUT2D eigenvalue weighted by Crippen LogP contribution is 2.28. The Balaban J connectivity index is 2.05. The molecule has 0 aliphatic heterocycles. The molecule has 0 saturated heterocycles. The van der Waals surface area contributed by atoms with Gasteiger partial charge in [0, 0.05) is 24.8 Å². The lowest BCUT2D eigenvalue weighted by Gasteiger charge is -2.27. The molecule has 0 radical (unpaired) electrons. The summed E-state index contributed by atoms with van der Waals surface area (Å²) in [6.45, 7) is 13.2. The van der Waals surface area contributed by atoms with Gasteiger partial charge in [0.1, 0.15) is 12.4 Å². The fourth-order valence-corrected chi connectivity index (χ4v) is 2.77. The molecule has 1 N–H and O–H groups in total. The zero-order valence-electron chi connectivity index (χ0n) is 17.1. The molecule has 0 atom stereocenters. The van der Waals surface area contributed by atoms with E-state index in [1.165, 1.54) is 11.1 Å². The van der Waals surface area contributed by atoms with Crippen LogP contribution in [0, 0.1) is 0 Å². The van der Waals surface area contributed by atoms with Gasteiger partial charge in [-0.1, -0.05) is 58.9 Å². The second-order valence-electron chi connectivity index (χ2n) is 8.44. The molecule has 2 aromatic rings. The minimum Gasteiger partial charge on any atom is -0.491 e. The van der Waals surface area contributed by atoms with Crippen LogP contribution in [0.1, 0.15) is 45.7 Å². The molecule has 0 amide bonds. The average Bonchev–Trinajstić information content (AvgIpc) is 2.60. The molecule has 0 saturated carbocycles. The quantitative estimate of drug-likeness (QED) is 0.643. The van der Waals surface area contributed by atoms with E-state index in [0.717, 1.165) is 18.0 Å².